The summed E-state index contributed by atoms with van der Waals surface area (Å²) in [7, 11) is 0. The van der Waals surface area contributed by atoms with Crippen molar-refractivity contribution in [2.24, 2.45) is 17.8 Å². The lowest BCUT2D eigenvalue weighted by molar-refractivity contribution is -0.311. The molecule has 0 bridgehead atoms. The Morgan fingerprint density at radius 2 is 1.75 bits per heavy atom. The van der Waals surface area contributed by atoms with Crippen molar-refractivity contribution in [1.29, 1.82) is 0 Å². The maximum Gasteiger partial charge on any atom is 0.335 e. The second-order valence-corrected chi connectivity index (χ2v) is 7.24. The Morgan fingerprint density at radius 3 is 2.29 bits per heavy atom. The molecule has 0 radical (unpaired) electrons. The van der Waals surface area contributed by atoms with Gasteiger partial charge in [0.2, 0.25) is 0 Å². The fraction of sp³-hybridized carbons (Fsp3) is 0.938. The van der Waals surface area contributed by atoms with E-state index in [0.717, 1.165) is 19.3 Å². The highest BCUT2D eigenvalue weighted by molar-refractivity contribution is 5.73. The molecule has 7 N–H and O–H groups in total. The summed E-state index contributed by atoms with van der Waals surface area (Å²) >= 11 is 0. The Hall–Kier alpha value is -0.770. The third kappa shape index (κ3) is 4.44. The number of aliphatic hydroxyl groups excluding tert-OH is 3. The Kier molecular flexibility index (Phi) is 7.58. The van der Waals surface area contributed by atoms with Crippen LogP contribution >= 0.6 is 0 Å². The van der Waals surface area contributed by atoms with E-state index in [9.17, 15) is 20.1 Å². The molecule has 2 rings (SSSR count). The first-order valence-electron chi connectivity index (χ1n) is 8.30. The van der Waals surface area contributed by atoms with Crippen molar-refractivity contribution in [2.75, 3.05) is 0 Å². The van der Waals surface area contributed by atoms with Crippen LogP contribution in [0.3, 0.4) is 0 Å². The van der Waals surface area contributed by atoms with Crippen molar-refractivity contribution in [3.05, 3.63) is 0 Å². The summed E-state index contributed by atoms with van der Waals surface area (Å²) in [6.45, 7) is 6.34. The molecule has 1 heterocycles. The van der Waals surface area contributed by atoms with Gasteiger partial charge in [-0.3, -0.25) is 0 Å². The van der Waals surface area contributed by atoms with E-state index < -0.39 is 36.7 Å². The average Bonchev–Trinajstić information content (AvgIpc) is 2.47. The zero-order chi connectivity index (χ0) is 17.3. The third-order valence-electron chi connectivity index (χ3n) is 5.08. The van der Waals surface area contributed by atoms with Crippen LogP contribution in [0, 0.1) is 17.8 Å². The van der Waals surface area contributed by atoms with Gasteiger partial charge in [-0.05, 0) is 30.6 Å². The molecule has 1 saturated carbocycles. The van der Waals surface area contributed by atoms with E-state index >= 15 is 0 Å². The summed E-state index contributed by atoms with van der Waals surface area (Å²) in [6.07, 6.45) is -4.92. The van der Waals surface area contributed by atoms with E-state index in [2.05, 4.69) is 20.8 Å². The highest BCUT2D eigenvalue weighted by atomic mass is 16.7. The van der Waals surface area contributed by atoms with Crippen LogP contribution in [-0.4, -0.2) is 63.2 Å². The number of hydrogen-bond donors (Lipinski definition) is 5. The molecule has 2 fully saturated rings. The van der Waals surface area contributed by atoms with Gasteiger partial charge in [-0.2, -0.15) is 0 Å². The zero-order valence-corrected chi connectivity index (χ0v) is 14.5. The molecule has 1 aliphatic heterocycles. The topological polar surface area (TPSA) is 151 Å². The Labute approximate surface area is 142 Å². The maximum atomic E-state index is 11.1. The van der Waals surface area contributed by atoms with Crippen LogP contribution in [-0.2, 0) is 14.3 Å². The molecule has 8 atom stereocenters. The van der Waals surface area contributed by atoms with Crippen LogP contribution < -0.4 is 6.15 Å². The van der Waals surface area contributed by atoms with Crippen molar-refractivity contribution in [1.82, 2.24) is 6.15 Å². The lowest BCUT2D eigenvalue weighted by Crippen LogP contribution is -2.61. The van der Waals surface area contributed by atoms with Gasteiger partial charge in [0.25, 0.3) is 0 Å². The molecule has 8 heteroatoms. The van der Waals surface area contributed by atoms with Gasteiger partial charge in [0.05, 0.1) is 6.10 Å². The number of rotatable bonds is 4. The van der Waals surface area contributed by atoms with Gasteiger partial charge >= 0.3 is 5.97 Å². The molecule has 2 aliphatic rings. The van der Waals surface area contributed by atoms with Crippen LogP contribution in [0.5, 0.6) is 0 Å². The molecular formula is C16H31NO7. The number of aliphatic carboxylic acids is 1. The zero-order valence-electron chi connectivity index (χ0n) is 14.5. The summed E-state index contributed by atoms with van der Waals surface area (Å²) in [5.74, 6) is -0.246. The molecule has 0 aromatic heterocycles. The second kappa shape index (κ2) is 8.55. The molecule has 0 aromatic carbocycles. The summed E-state index contributed by atoms with van der Waals surface area (Å²) < 4.78 is 11.1. The lowest BCUT2D eigenvalue weighted by Gasteiger charge is -2.43. The lowest BCUT2D eigenvalue weighted by atomic mass is 9.75. The van der Waals surface area contributed by atoms with Crippen LogP contribution in [0.1, 0.15) is 40.0 Å². The molecule has 0 aromatic rings. The summed E-state index contributed by atoms with van der Waals surface area (Å²) in [6, 6.07) is 0. The van der Waals surface area contributed by atoms with Crippen LogP contribution in [0.2, 0.25) is 0 Å². The van der Waals surface area contributed by atoms with Crippen LogP contribution in [0.15, 0.2) is 0 Å². The third-order valence-corrected chi connectivity index (χ3v) is 5.08. The van der Waals surface area contributed by atoms with Gasteiger partial charge in [-0.15, -0.1) is 0 Å². The molecule has 8 nitrogen and oxygen atoms in total. The van der Waals surface area contributed by atoms with Gasteiger partial charge in [0, 0.05) is 0 Å². The fourth-order valence-electron chi connectivity index (χ4n) is 3.61. The molecular weight excluding hydrogens is 318 g/mol. The predicted molar refractivity (Wildman–Crippen MR) is 85.6 cm³/mol. The summed E-state index contributed by atoms with van der Waals surface area (Å²) in [5.41, 5.74) is 0. The molecule has 1 aliphatic carbocycles. The Balaban J connectivity index is 0.00000288. The van der Waals surface area contributed by atoms with E-state index in [1.165, 1.54) is 0 Å². The molecule has 0 spiro atoms. The first kappa shape index (κ1) is 21.3. The minimum atomic E-state index is -1.69. The fourth-order valence-corrected chi connectivity index (χ4v) is 3.61. The van der Waals surface area contributed by atoms with E-state index in [4.69, 9.17) is 14.6 Å². The Bertz CT molecular complexity index is 419. The number of carbonyl (C=O) groups is 1. The van der Waals surface area contributed by atoms with E-state index in [1.54, 1.807) is 0 Å². The van der Waals surface area contributed by atoms with Crippen LogP contribution in [0.25, 0.3) is 0 Å². The second-order valence-electron chi connectivity index (χ2n) is 7.24. The smallest absolute Gasteiger partial charge is 0.335 e. The quantitative estimate of drug-likeness (QED) is 0.492. The normalized spacial score (nSPS) is 43.3. The van der Waals surface area contributed by atoms with E-state index in [0.29, 0.717) is 11.8 Å². The number of aliphatic hydroxyl groups is 3. The molecule has 24 heavy (non-hydrogen) atoms. The SMILES string of the molecule is CC1CCC(C(C)C)C(OC2O[C@H](C(=O)O)[C@@H](O)[C@H](O)[C@H]2O)C1.N. The van der Waals surface area contributed by atoms with Crippen molar-refractivity contribution in [2.45, 2.75) is 76.8 Å². The van der Waals surface area contributed by atoms with Crippen molar-refractivity contribution >= 4 is 5.97 Å². The monoisotopic (exact) mass is 349 g/mol. The average molecular weight is 349 g/mol. The first-order chi connectivity index (χ1) is 10.7. The van der Waals surface area contributed by atoms with Crippen LogP contribution in [0.4, 0.5) is 0 Å². The number of ether oxygens (including phenoxy) is 2. The van der Waals surface area contributed by atoms with Crippen molar-refractivity contribution in [3.63, 3.8) is 0 Å². The van der Waals surface area contributed by atoms with Gasteiger partial charge < -0.3 is 36.1 Å². The standard InChI is InChI=1S/C16H28O7.H3N/c1-7(2)9-5-4-8(3)6-10(9)22-16-13(19)11(17)12(18)14(23-16)15(20)21;/h7-14,16-19H,4-6H2,1-3H3,(H,20,21);1H3/t8?,9?,10?,11-,12-,13+,14-,16?;/m0./s1. The minimum absolute atomic E-state index is 0. The maximum absolute atomic E-state index is 11.1. The number of hydrogen-bond acceptors (Lipinski definition) is 7. The minimum Gasteiger partial charge on any atom is -0.479 e. The molecule has 0 amide bonds. The number of carboxylic acids is 1. The predicted octanol–water partition coefficient (Wildman–Crippen LogP) is 0.518. The molecule has 1 saturated heterocycles. The highest BCUT2D eigenvalue weighted by Crippen LogP contribution is 2.37. The van der Waals surface area contributed by atoms with Crippen molar-refractivity contribution < 1.29 is 34.7 Å². The largest absolute Gasteiger partial charge is 0.479 e. The highest BCUT2D eigenvalue weighted by Gasteiger charge is 2.48. The van der Waals surface area contributed by atoms with E-state index in [1.807, 2.05) is 0 Å². The summed E-state index contributed by atoms with van der Waals surface area (Å²) in [4.78, 5) is 11.1. The van der Waals surface area contributed by atoms with Gasteiger partial charge in [0.1, 0.15) is 18.3 Å². The van der Waals surface area contributed by atoms with Crippen molar-refractivity contribution in [3.8, 4) is 0 Å². The van der Waals surface area contributed by atoms with E-state index in [-0.39, 0.29) is 18.2 Å². The molecule has 142 valence electrons. The summed E-state index contributed by atoms with van der Waals surface area (Å²) in [5, 5.41) is 38.7. The van der Waals surface area contributed by atoms with Gasteiger partial charge in [0.15, 0.2) is 12.4 Å². The first-order valence-corrected chi connectivity index (χ1v) is 8.30. The number of carboxylic acid groups (broad SMARTS) is 1. The van der Waals surface area contributed by atoms with Gasteiger partial charge in [-0.25, -0.2) is 4.79 Å². The molecule has 4 unspecified atom stereocenters. The van der Waals surface area contributed by atoms with Gasteiger partial charge in [-0.1, -0.05) is 27.2 Å². The Morgan fingerprint density at radius 1 is 1.12 bits per heavy atom.